The molecule has 0 aliphatic carbocycles. The summed E-state index contributed by atoms with van der Waals surface area (Å²) in [7, 11) is 0. The zero-order valence-electron chi connectivity index (χ0n) is 10.0. The van der Waals surface area contributed by atoms with Crippen LogP contribution in [0.1, 0.15) is 19.4 Å². The van der Waals surface area contributed by atoms with Gasteiger partial charge in [-0.2, -0.15) is 0 Å². The van der Waals surface area contributed by atoms with Crippen molar-refractivity contribution in [1.29, 1.82) is 0 Å². The zero-order valence-corrected chi connectivity index (χ0v) is 11.6. The highest BCUT2D eigenvalue weighted by Gasteiger charge is 1.99. The van der Waals surface area contributed by atoms with Crippen LogP contribution in [0.15, 0.2) is 34.8 Å². The molecule has 4 heteroatoms. The van der Waals surface area contributed by atoms with Gasteiger partial charge in [-0.3, -0.25) is 0 Å². The Hall–Kier alpha value is -0.700. The van der Waals surface area contributed by atoms with Crippen molar-refractivity contribution in [3.05, 3.63) is 40.4 Å². The van der Waals surface area contributed by atoms with Gasteiger partial charge < -0.3 is 10.1 Å². The molecule has 0 unspecified atom stereocenters. The summed E-state index contributed by atoms with van der Waals surface area (Å²) in [4.78, 5) is 0. The highest BCUT2D eigenvalue weighted by Crippen LogP contribution is 2.15. The molecule has 94 valence electrons. The second-order valence-corrected chi connectivity index (χ2v) is 4.73. The second kappa shape index (κ2) is 7.59. The van der Waals surface area contributed by atoms with Gasteiger partial charge in [-0.1, -0.05) is 49.2 Å². The molecule has 1 aromatic rings. The first-order valence-corrected chi connectivity index (χ1v) is 6.33. The van der Waals surface area contributed by atoms with E-state index in [-0.39, 0.29) is 0 Å². The van der Waals surface area contributed by atoms with Crippen molar-refractivity contribution in [3.8, 4) is 5.75 Å². The Kier molecular flexibility index (Phi) is 6.41. The lowest BCUT2D eigenvalue weighted by Gasteiger charge is -2.10. The molecule has 0 fully saturated rings. The van der Waals surface area contributed by atoms with Gasteiger partial charge in [0.2, 0.25) is 0 Å². The summed E-state index contributed by atoms with van der Waals surface area (Å²) in [6, 6.07) is 8.38. The molecule has 1 rings (SSSR count). The number of rotatable bonds is 6. The molecule has 0 aromatic heterocycles. The molecule has 0 spiro atoms. The van der Waals surface area contributed by atoms with Crippen molar-refractivity contribution in [2.75, 3.05) is 6.61 Å². The van der Waals surface area contributed by atoms with Crippen molar-refractivity contribution in [2.45, 2.75) is 26.4 Å². The summed E-state index contributed by atoms with van der Waals surface area (Å²) in [5, 5.41) is 3.83. The average Bonchev–Trinajstić information content (AvgIpc) is 2.34. The number of hydrogen-bond donors (Lipinski definition) is 1. The van der Waals surface area contributed by atoms with Gasteiger partial charge in [0.15, 0.2) is 0 Å². The van der Waals surface area contributed by atoms with Crippen LogP contribution in [0.3, 0.4) is 0 Å². The van der Waals surface area contributed by atoms with Gasteiger partial charge in [-0.15, -0.1) is 0 Å². The van der Waals surface area contributed by atoms with E-state index >= 15 is 0 Å². The van der Waals surface area contributed by atoms with Crippen molar-refractivity contribution in [2.24, 2.45) is 0 Å². The summed E-state index contributed by atoms with van der Waals surface area (Å²) in [5.74, 6) is 0.796. The van der Waals surface area contributed by atoms with Crippen LogP contribution in [0.2, 0.25) is 0 Å². The van der Waals surface area contributed by atoms with Crippen LogP contribution in [0.5, 0.6) is 5.75 Å². The van der Waals surface area contributed by atoms with Gasteiger partial charge in [0.25, 0.3) is 0 Å². The fourth-order valence-corrected chi connectivity index (χ4v) is 1.37. The van der Waals surface area contributed by atoms with E-state index in [1.807, 2.05) is 18.2 Å². The number of halogens is 2. The van der Waals surface area contributed by atoms with Crippen LogP contribution < -0.4 is 10.1 Å². The molecule has 0 aliphatic heterocycles. The summed E-state index contributed by atoms with van der Waals surface area (Å²) in [6.07, 6.45) is 0. The molecule has 0 saturated carbocycles. The maximum atomic E-state index is 5.75. The van der Waals surface area contributed by atoms with E-state index in [2.05, 4.69) is 25.2 Å². The first kappa shape index (κ1) is 14.4. The Balaban J connectivity index is 2.53. The van der Waals surface area contributed by atoms with Crippen LogP contribution in [0, 0.1) is 0 Å². The van der Waals surface area contributed by atoms with Gasteiger partial charge in [-0.05, 0) is 17.7 Å². The molecule has 0 amide bonds. The minimum Gasteiger partial charge on any atom is -0.488 e. The molecular weight excluding hydrogens is 257 g/mol. The average molecular weight is 274 g/mol. The van der Waals surface area contributed by atoms with E-state index in [9.17, 15) is 0 Å². The number of hydrogen-bond acceptors (Lipinski definition) is 2. The lowest BCUT2D eigenvalue weighted by molar-refractivity contribution is 0.359. The minimum atomic E-state index is 0.298. The predicted molar refractivity (Wildman–Crippen MR) is 73.7 cm³/mol. The Labute approximate surface area is 113 Å². The molecule has 2 nitrogen and oxygen atoms in total. The van der Waals surface area contributed by atoms with E-state index in [4.69, 9.17) is 27.9 Å². The molecule has 0 radical (unpaired) electrons. The smallest absolute Gasteiger partial charge is 0.125 e. The first-order chi connectivity index (χ1) is 8.11. The van der Waals surface area contributed by atoms with Crippen molar-refractivity contribution < 1.29 is 4.74 Å². The topological polar surface area (TPSA) is 21.3 Å². The van der Waals surface area contributed by atoms with E-state index in [0.29, 0.717) is 17.7 Å². The molecule has 0 atom stereocenters. The van der Waals surface area contributed by atoms with Crippen molar-refractivity contribution in [3.63, 3.8) is 0 Å². The second-order valence-electron chi connectivity index (χ2n) is 4.03. The maximum absolute atomic E-state index is 5.75. The van der Waals surface area contributed by atoms with Crippen LogP contribution in [0.25, 0.3) is 0 Å². The SMILES string of the molecule is CC(C)NCc1cccc(OCC(Cl)=CCl)c1. The third kappa shape index (κ3) is 5.97. The van der Waals surface area contributed by atoms with Crippen LogP contribution >= 0.6 is 23.2 Å². The lowest BCUT2D eigenvalue weighted by Crippen LogP contribution is -2.21. The number of nitrogens with one attached hydrogen (secondary N) is 1. The Morgan fingerprint density at radius 3 is 2.88 bits per heavy atom. The van der Waals surface area contributed by atoms with Crippen molar-refractivity contribution in [1.82, 2.24) is 5.32 Å². The van der Waals surface area contributed by atoms with Crippen LogP contribution in [0.4, 0.5) is 0 Å². The number of benzene rings is 1. The predicted octanol–water partition coefficient (Wildman–Crippen LogP) is 3.88. The van der Waals surface area contributed by atoms with Gasteiger partial charge in [-0.25, -0.2) is 0 Å². The highest BCUT2D eigenvalue weighted by atomic mass is 35.5. The highest BCUT2D eigenvalue weighted by molar-refractivity contribution is 6.36. The first-order valence-electron chi connectivity index (χ1n) is 5.51. The molecule has 1 aromatic carbocycles. The standard InChI is InChI=1S/C13H17Cl2NO/c1-10(2)16-8-11-4-3-5-13(6-11)17-9-12(15)7-14/h3-7,10,16H,8-9H2,1-2H3. The third-order valence-electron chi connectivity index (χ3n) is 2.11. The Morgan fingerprint density at radius 2 is 2.24 bits per heavy atom. The van der Waals surface area contributed by atoms with E-state index in [1.54, 1.807) is 0 Å². The quantitative estimate of drug-likeness (QED) is 0.849. The summed E-state index contributed by atoms with van der Waals surface area (Å²) >= 11 is 11.2. The van der Waals surface area contributed by atoms with Crippen LogP contribution in [-0.4, -0.2) is 12.6 Å². The molecular formula is C13H17Cl2NO. The Morgan fingerprint density at radius 1 is 1.47 bits per heavy atom. The van der Waals surface area contributed by atoms with E-state index < -0.39 is 0 Å². The molecule has 0 aliphatic rings. The summed E-state index contributed by atoms with van der Waals surface area (Å²) in [6.45, 7) is 5.36. The Bertz CT molecular complexity index is 377. The lowest BCUT2D eigenvalue weighted by atomic mass is 10.2. The summed E-state index contributed by atoms with van der Waals surface area (Å²) < 4.78 is 5.49. The third-order valence-corrected chi connectivity index (χ3v) is 2.70. The fraction of sp³-hybridized carbons (Fsp3) is 0.385. The van der Waals surface area contributed by atoms with Gasteiger partial charge in [0.05, 0.1) is 5.03 Å². The van der Waals surface area contributed by atoms with E-state index in [1.165, 1.54) is 11.1 Å². The van der Waals surface area contributed by atoms with E-state index in [0.717, 1.165) is 12.3 Å². The zero-order chi connectivity index (χ0) is 12.7. The molecule has 0 bridgehead atoms. The fourth-order valence-electron chi connectivity index (χ4n) is 1.25. The molecule has 17 heavy (non-hydrogen) atoms. The maximum Gasteiger partial charge on any atom is 0.125 e. The van der Waals surface area contributed by atoms with Gasteiger partial charge in [0.1, 0.15) is 12.4 Å². The number of ether oxygens (including phenoxy) is 1. The molecule has 0 heterocycles. The van der Waals surface area contributed by atoms with Crippen LogP contribution in [-0.2, 0) is 6.54 Å². The largest absolute Gasteiger partial charge is 0.488 e. The molecule has 1 N–H and O–H groups in total. The van der Waals surface area contributed by atoms with Crippen molar-refractivity contribution >= 4 is 23.2 Å². The summed E-state index contributed by atoms with van der Waals surface area (Å²) in [5.41, 5.74) is 2.49. The van der Waals surface area contributed by atoms with Gasteiger partial charge >= 0.3 is 0 Å². The monoisotopic (exact) mass is 273 g/mol. The van der Waals surface area contributed by atoms with Gasteiger partial charge in [0, 0.05) is 18.1 Å². The minimum absolute atomic E-state index is 0.298. The normalized spacial score (nSPS) is 11.9. The molecule has 0 saturated heterocycles.